The van der Waals surface area contributed by atoms with Crippen LogP contribution in [0.15, 0.2) is 36.8 Å². The van der Waals surface area contributed by atoms with E-state index in [-0.39, 0.29) is 30.9 Å². The van der Waals surface area contributed by atoms with Gasteiger partial charge in [-0.2, -0.15) is 0 Å². The van der Waals surface area contributed by atoms with Gasteiger partial charge in [0.25, 0.3) is 0 Å². The van der Waals surface area contributed by atoms with Gasteiger partial charge in [0.05, 0.1) is 32.1 Å². The van der Waals surface area contributed by atoms with Crippen molar-refractivity contribution in [3.63, 3.8) is 0 Å². The number of nitrogens with one attached hydrogen (secondary N) is 6. The Morgan fingerprint density at radius 2 is 1.44 bits per heavy atom. The highest BCUT2D eigenvalue weighted by Gasteiger charge is 2.29. The van der Waals surface area contributed by atoms with Gasteiger partial charge in [0.2, 0.25) is 29.5 Å². The van der Waals surface area contributed by atoms with E-state index in [1.54, 1.807) is 0 Å². The number of phenols is 1. The normalized spacial score (nSPS) is 13.5. The Hall–Kier alpha value is -5.03. The maximum absolute atomic E-state index is 13.4. The number of carbonyl (C=O) groups is 6. The lowest BCUT2D eigenvalue weighted by Crippen LogP contribution is -2.56. The zero-order valence-corrected chi connectivity index (χ0v) is 24.9. The first kappa shape index (κ1) is 36.2. The van der Waals surface area contributed by atoms with E-state index in [0.29, 0.717) is 11.3 Å². The van der Waals surface area contributed by atoms with Gasteiger partial charge >= 0.3 is 5.97 Å². The van der Waals surface area contributed by atoms with Crippen LogP contribution in [0.1, 0.15) is 31.5 Å². The van der Waals surface area contributed by atoms with Crippen LogP contribution < -0.4 is 32.3 Å². The number of rotatable bonds is 18. The summed E-state index contributed by atoms with van der Waals surface area (Å²) in [5, 5.41) is 39.6. The number of hydrogen-bond donors (Lipinski definition) is 10. The number of benzene rings is 1. The topological polar surface area (TPSA) is 278 Å². The molecule has 0 unspecified atom stereocenters. The molecule has 246 valence electrons. The number of aliphatic hydroxyl groups is 1. The van der Waals surface area contributed by atoms with Gasteiger partial charge in [-0.25, -0.2) is 9.78 Å². The third-order valence-corrected chi connectivity index (χ3v) is 6.36. The number of carbonyl (C=O) groups excluding carboxylic acids is 5. The Balaban J connectivity index is 2.07. The van der Waals surface area contributed by atoms with E-state index in [4.69, 9.17) is 15.9 Å². The molecule has 4 atom stereocenters. The molecule has 17 nitrogen and oxygen atoms in total. The molecule has 0 aliphatic carbocycles. The molecule has 0 fully saturated rings. The molecule has 0 aliphatic heterocycles. The molecule has 0 radical (unpaired) electrons. The summed E-state index contributed by atoms with van der Waals surface area (Å²) in [6, 6.07) is 0.948. The first-order valence-corrected chi connectivity index (χ1v) is 14.1. The van der Waals surface area contributed by atoms with E-state index in [1.165, 1.54) is 36.8 Å². The van der Waals surface area contributed by atoms with Crippen LogP contribution >= 0.6 is 0 Å². The van der Waals surface area contributed by atoms with Crippen LogP contribution in [0.5, 0.6) is 5.75 Å². The number of carboxylic acid groups (broad SMARTS) is 1. The number of aliphatic carboxylic acids is 1. The Morgan fingerprint density at radius 1 is 0.844 bits per heavy atom. The van der Waals surface area contributed by atoms with Crippen LogP contribution in [0.25, 0.3) is 0 Å². The van der Waals surface area contributed by atoms with Gasteiger partial charge in [0, 0.05) is 24.7 Å². The van der Waals surface area contributed by atoms with Crippen LogP contribution in [-0.2, 0) is 41.6 Å². The van der Waals surface area contributed by atoms with Crippen LogP contribution in [0, 0.1) is 5.92 Å². The van der Waals surface area contributed by atoms with Gasteiger partial charge in [0.1, 0.15) is 23.9 Å². The zero-order chi connectivity index (χ0) is 33.5. The molecule has 1 heterocycles. The zero-order valence-electron chi connectivity index (χ0n) is 24.9. The predicted octanol–water partition coefficient (Wildman–Crippen LogP) is -2.96. The largest absolute Gasteiger partial charge is 0.508 e. The summed E-state index contributed by atoms with van der Waals surface area (Å²) in [7, 11) is 0. The number of hydrogen-bond acceptors (Lipinski definition) is 10. The van der Waals surface area contributed by atoms with Gasteiger partial charge < -0.3 is 52.6 Å². The van der Waals surface area contributed by atoms with Crippen molar-refractivity contribution >= 4 is 35.5 Å². The Labute approximate surface area is 258 Å². The molecule has 1 aromatic carbocycles. The minimum absolute atomic E-state index is 0.0219. The van der Waals surface area contributed by atoms with Crippen molar-refractivity contribution in [3.05, 3.63) is 48.0 Å². The predicted molar refractivity (Wildman–Crippen MR) is 158 cm³/mol. The van der Waals surface area contributed by atoms with Crippen molar-refractivity contribution in [1.82, 2.24) is 36.6 Å². The van der Waals surface area contributed by atoms with E-state index in [2.05, 4.69) is 31.2 Å². The highest BCUT2D eigenvalue weighted by atomic mass is 16.4. The minimum atomic E-state index is -1.57. The fourth-order valence-electron chi connectivity index (χ4n) is 4.04. The molecule has 1 aromatic heterocycles. The lowest BCUT2D eigenvalue weighted by Gasteiger charge is -2.24. The van der Waals surface area contributed by atoms with Gasteiger partial charge in [-0.3, -0.25) is 24.0 Å². The lowest BCUT2D eigenvalue weighted by molar-refractivity contribution is -0.142. The quantitative estimate of drug-likeness (QED) is 0.0792. The molecule has 0 aliphatic rings. The Kier molecular flexibility index (Phi) is 14.4. The second-order valence-electron chi connectivity index (χ2n) is 10.6. The van der Waals surface area contributed by atoms with E-state index in [0.717, 1.165) is 0 Å². The second-order valence-corrected chi connectivity index (χ2v) is 10.6. The van der Waals surface area contributed by atoms with Gasteiger partial charge in [-0.05, 0) is 30.0 Å². The summed E-state index contributed by atoms with van der Waals surface area (Å²) in [6.07, 6.45) is 3.24. The average Bonchev–Trinajstić information content (AvgIpc) is 3.50. The molecule has 11 N–H and O–H groups in total. The van der Waals surface area contributed by atoms with Crippen LogP contribution in [0.3, 0.4) is 0 Å². The van der Waals surface area contributed by atoms with Crippen molar-refractivity contribution in [2.75, 3.05) is 19.7 Å². The monoisotopic (exact) mass is 632 g/mol. The van der Waals surface area contributed by atoms with Crippen molar-refractivity contribution in [2.45, 2.75) is 57.3 Å². The third-order valence-electron chi connectivity index (χ3n) is 6.36. The highest BCUT2D eigenvalue weighted by molar-refractivity contribution is 5.95. The first-order chi connectivity index (χ1) is 21.3. The third kappa shape index (κ3) is 13.0. The average molecular weight is 633 g/mol. The van der Waals surface area contributed by atoms with Crippen LogP contribution in [0.2, 0.25) is 0 Å². The summed E-state index contributed by atoms with van der Waals surface area (Å²) >= 11 is 0. The number of H-pyrrole nitrogens is 1. The fraction of sp³-hybridized carbons (Fsp3) is 0.464. The maximum Gasteiger partial charge on any atom is 0.328 e. The number of carboxylic acids is 1. The molecule has 0 saturated heterocycles. The summed E-state index contributed by atoms with van der Waals surface area (Å²) in [4.78, 5) is 81.4. The smallest absolute Gasteiger partial charge is 0.328 e. The van der Waals surface area contributed by atoms with Gasteiger partial charge in [-0.15, -0.1) is 0 Å². The summed E-state index contributed by atoms with van der Waals surface area (Å²) in [6.45, 7) is 1.66. The molecule has 0 saturated carbocycles. The number of aromatic nitrogens is 2. The molecular formula is C28H40N8O9. The number of phenolic OH excluding ortho intramolecular Hbond substituents is 1. The van der Waals surface area contributed by atoms with Crippen molar-refractivity contribution in [1.29, 1.82) is 0 Å². The van der Waals surface area contributed by atoms with Crippen LogP contribution in [0.4, 0.5) is 0 Å². The summed E-state index contributed by atoms with van der Waals surface area (Å²) in [5.74, 6) is -5.23. The highest BCUT2D eigenvalue weighted by Crippen LogP contribution is 2.12. The molecule has 2 rings (SSSR count). The number of aromatic amines is 1. The molecule has 0 spiro atoms. The maximum atomic E-state index is 13.4. The van der Waals surface area contributed by atoms with E-state index in [9.17, 15) is 33.9 Å². The summed E-state index contributed by atoms with van der Waals surface area (Å²) in [5.41, 5.74) is 7.06. The van der Waals surface area contributed by atoms with E-state index < -0.39 is 79.4 Å². The first-order valence-electron chi connectivity index (χ1n) is 14.1. The molecule has 0 bridgehead atoms. The number of imidazole rings is 1. The molecule has 17 heteroatoms. The fourth-order valence-corrected chi connectivity index (χ4v) is 4.04. The van der Waals surface area contributed by atoms with Crippen molar-refractivity contribution < 1.29 is 44.1 Å². The van der Waals surface area contributed by atoms with E-state index in [1.807, 2.05) is 19.2 Å². The van der Waals surface area contributed by atoms with Crippen molar-refractivity contribution in [2.24, 2.45) is 11.7 Å². The Bertz CT molecular complexity index is 1300. The number of nitrogens with two attached hydrogens (primary N) is 1. The van der Waals surface area contributed by atoms with Crippen LogP contribution in [-0.4, -0.2) is 105 Å². The molecular weight excluding hydrogens is 592 g/mol. The Morgan fingerprint density at radius 3 is 1.98 bits per heavy atom. The van der Waals surface area contributed by atoms with Gasteiger partial charge in [0.15, 0.2) is 0 Å². The van der Waals surface area contributed by atoms with Crippen molar-refractivity contribution in [3.8, 4) is 5.75 Å². The standard InChI is InChI=1S/C28H40N8O9/c1-15(2)7-20(34-23(39)11-31-25(41)19(29)9-17-10-30-14-33-17)27(43)36-21(8-16-3-5-18(38)6-4-16)26(42)32-12-24(40)35-22(13-37)28(44)45/h3-6,10,14-15,19-22,37-38H,7-9,11-13,29H2,1-2H3,(H,30,33)(H,31,41)(H,32,42)(H,34,39)(H,35,40)(H,36,43)(H,44,45)/t19-,20-,21-,22-/m0/s1. The number of aromatic hydroxyl groups is 1. The second kappa shape index (κ2) is 17.9. The minimum Gasteiger partial charge on any atom is -0.508 e. The number of amides is 5. The molecule has 45 heavy (non-hydrogen) atoms. The molecule has 5 amide bonds. The summed E-state index contributed by atoms with van der Waals surface area (Å²) < 4.78 is 0. The number of nitrogens with zero attached hydrogens (tertiary/aromatic N) is 1. The SMILES string of the molecule is CC(C)C[C@H](NC(=O)CNC(=O)[C@@H](N)Cc1cnc[nH]1)C(=O)N[C@@H](Cc1ccc(O)cc1)C(=O)NCC(=O)N[C@@H](CO)C(=O)O. The number of aliphatic hydroxyl groups excluding tert-OH is 1. The lowest BCUT2D eigenvalue weighted by atomic mass is 10.0. The molecule has 2 aromatic rings. The van der Waals surface area contributed by atoms with Gasteiger partial charge in [-0.1, -0.05) is 26.0 Å². The van der Waals surface area contributed by atoms with E-state index >= 15 is 0 Å².